The number of benzene rings is 1. The molecule has 0 amide bonds. The van der Waals surface area contributed by atoms with Gasteiger partial charge in [-0.05, 0) is 25.5 Å². The van der Waals surface area contributed by atoms with Crippen LogP contribution in [0.15, 0.2) is 40.9 Å². The number of nitrogens with one attached hydrogen (secondary N) is 1. The molecule has 0 bridgehead atoms. The third kappa shape index (κ3) is 3.93. The summed E-state index contributed by atoms with van der Waals surface area (Å²) in [5, 5.41) is 7.57. The van der Waals surface area contributed by atoms with Gasteiger partial charge in [0.2, 0.25) is 0 Å². The number of rotatable bonds is 6. The predicted molar refractivity (Wildman–Crippen MR) is 81.2 cm³/mol. The van der Waals surface area contributed by atoms with Gasteiger partial charge < -0.3 is 14.6 Å². The molecule has 1 aromatic carbocycles. The van der Waals surface area contributed by atoms with Crippen molar-refractivity contribution in [3.05, 3.63) is 53.4 Å². The molecule has 1 N–H and O–H groups in total. The molecule has 112 valence electrons. The average Bonchev–Trinajstić information content (AvgIpc) is 3.10. The highest BCUT2D eigenvalue weighted by Crippen LogP contribution is 2.19. The van der Waals surface area contributed by atoms with Crippen molar-refractivity contribution >= 4 is 0 Å². The summed E-state index contributed by atoms with van der Waals surface area (Å²) in [7, 11) is 0. The minimum atomic E-state index is 0.402. The van der Waals surface area contributed by atoms with E-state index >= 15 is 0 Å². The number of aryl methyl sites for hydroxylation is 1. The minimum absolute atomic E-state index is 0.402. The van der Waals surface area contributed by atoms with Crippen molar-refractivity contribution in [2.45, 2.75) is 25.8 Å². The molecular formula is C17H22N2O2. The second kappa shape index (κ2) is 6.87. The summed E-state index contributed by atoms with van der Waals surface area (Å²) in [4.78, 5) is 0. The average molecular weight is 286 g/mol. The highest BCUT2D eigenvalue weighted by atomic mass is 16.5. The van der Waals surface area contributed by atoms with E-state index in [1.807, 2.05) is 13.0 Å². The van der Waals surface area contributed by atoms with Crippen molar-refractivity contribution in [2.24, 2.45) is 5.92 Å². The quantitative estimate of drug-likeness (QED) is 0.885. The Morgan fingerprint density at radius 3 is 2.86 bits per heavy atom. The number of hydrogen-bond acceptors (Lipinski definition) is 4. The van der Waals surface area contributed by atoms with Crippen LogP contribution in [0.1, 0.15) is 17.0 Å². The first-order valence-electron chi connectivity index (χ1n) is 7.58. The van der Waals surface area contributed by atoms with Crippen LogP contribution in [0, 0.1) is 12.8 Å². The van der Waals surface area contributed by atoms with Crippen molar-refractivity contribution in [1.82, 2.24) is 10.5 Å². The second-order valence-corrected chi connectivity index (χ2v) is 5.73. The van der Waals surface area contributed by atoms with Crippen LogP contribution in [0.2, 0.25) is 0 Å². The van der Waals surface area contributed by atoms with Gasteiger partial charge in [-0.2, -0.15) is 0 Å². The molecule has 0 aliphatic carbocycles. The Morgan fingerprint density at radius 2 is 2.10 bits per heavy atom. The Bertz CT molecular complexity index is 553. The zero-order valence-corrected chi connectivity index (χ0v) is 12.4. The lowest BCUT2D eigenvalue weighted by molar-refractivity contribution is 0.181. The molecule has 4 nitrogen and oxygen atoms in total. The minimum Gasteiger partial charge on any atom is -0.379 e. The summed E-state index contributed by atoms with van der Waals surface area (Å²) in [6, 6.07) is 13.0. The summed E-state index contributed by atoms with van der Waals surface area (Å²) < 4.78 is 10.9. The Hall–Kier alpha value is -1.65. The smallest absolute Gasteiger partial charge is 0.137 e. The summed E-state index contributed by atoms with van der Waals surface area (Å²) in [6.45, 7) is 4.51. The van der Waals surface area contributed by atoms with E-state index in [0.717, 1.165) is 44.1 Å². The largest absolute Gasteiger partial charge is 0.379 e. The molecule has 4 heteroatoms. The monoisotopic (exact) mass is 286 g/mol. The third-order valence-corrected chi connectivity index (χ3v) is 4.00. The highest BCUT2D eigenvalue weighted by molar-refractivity contribution is 5.15. The van der Waals surface area contributed by atoms with Crippen LogP contribution in [-0.2, 0) is 17.6 Å². The zero-order valence-electron chi connectivity index (χ0n) is 12.4. The summed E-state index contributed by atoms with van der Waals surface area (Å²) in [6.07, 6.45) is 1.94. The Labute approximate surface area is 125 Å². The van der Waals surface area contributed by atoms with Crippen LogP contribution in [0.3, 0.4) is 0 Å². The van der Waals surface area contributed by atoms with Gasteiger partial charge in [0.15, 0.2) is 0 Å². The van der Waals surface area contributed by atoms with E-state index in [1.165, 1.54) is 5.56 Å². The van der Waals surface area contributed by atoms with E-state index in [4.69, 9.17) is 9.26 Å². The van der Waals surface area contributed by atoms with Crippen LogP contribution in [-0.4, -0.2) is 31.0 Å². The molecule has 3 rings (SSSR count). The number of aromatic nitrogens is 1. The number of hydrogen-bond donors (Lipinski definition) is 1. The molecule has 0 saturated carbocycles. The number of ether oxygens (including phenoxy) is 1. The van der Waals surface area contributed by atoms with Crippen molar-refractivity contribution in [2.75, 3.05) is 19.8 Å². The summed E-state index contributed by atoms with van der Waals surface area (Å²) in [5.74, 6) is 1.42. The normalized spacial score (nSPS) is 21.8. The maximum atomic E-state index is 5.63. The van der Waals surface area contributed by atoms with Crippen LogP contribution in [0.25, 0.3) is 0 Å². The molecule has 2 aromatic rings. The maximum Gasteiger partial charge on any atom is 0.137 e. The lowest BCUT2D eigenvalue weighted by atomic mass is 9.98. The fourth-order valence-electron chi connectivity index (χ4n) is 2.84. The number of nitrogens with zero attached hydrogens (tertiary/aromatic N) is 1. The van der Waals surface area contributed by atoms with Gasteiger partial charge in [0.25, 0.3) is 0 Å². The van der Waals surface area contributed by atoms with E-state index in [9.17, 15) is 0 Å². The fraction of sp³-hybridized carbons (Fsp3) is 0.471. The SMILES string of the molecule is Cc1cc(C[C@@H]2COC[C@H]2NCCc2ccccc2)on1. The van der Waals surface area contributed by atoms with Crippen LogP contribution >= 0.6 is 0 Å². The molecule has 1 aromatic heterocycles. The summed E-state index contributed by atoms with van der Waals surface area (Å²) in [5.41, 5.74) is 2.31. The molecule has 21 heavy (non-hydrogen) atoms. The van der Waals surface area contributed by atoms with E-state index in [-0.39, 0.29) is 0 Å². The highest BCUT2D eigenvalue weighted by Gasteiger charge is 2.28. The Balaban J connectivity index is 1.48. The zero-order chi connectivity index (χ0) is 14.5. The standard InChI is InChI=1S/C17H22N2O2/c1-13-9-16(21-19-13)10-15-11-20-12-17(15)18-8-7-14-5-3-2-4-6-14/h2-6,9,15,17-18H,7-8,10-12H2,1H3/t15-,17-/m1/s1. The first kappa shape index (κ1) is 14.3. The predicted octanol–water partition coefficient (Wildman–Crippen LogP) is 2.37. The molecular weight excluding hydrogens is 264 g/mol. The molecule has 0 spiro atoms. The lowest BCUT2D eigenvalue weighted by Gasteiger charge is -2.18. The van der Waals surface area contributed by atoms with Crippen LogP contribution in [0.4, 0.5) is 0 Å². The van der Waals surface area contributed by atoms with E-state index in [1.54, 1.807) is 0 Å². The Kier molecular flexibility index (Phi) is 4.68. The van der Waals surface area contributed by atoms with Gasteiger partial charge in [-0.15, -0.1) is 0 Å². The second-order valence-electron chi connectivity index (χ2n) is 5.73. The molecule has 1 fully saturated rings. The van der Waals surface area contributed by atoms with E-state index < -0.39 is 0 Å². The topological polar surface area (TPSA) is 47.3 Å². The van der Waals surface area contributed by atoms with Crippen molar-refractivity contribution < 1.29 is 9.26 Å². The van der Waals surface area contributed by atoms with E-state index in [2.05, 4.69) is 40.8 Å². The van der Waals surface area contributed by atoms with E-state index in [0.29, 0.717) is 12.0 Å². The molecule has 1 aliphatic rings. The Morgan fingerprint density at radius 1 is 1.24 bits per heavy atom. The fourth-order valence-corrected chi connectivity index (χ4v) is 2.84. The van der Waals surface area contributed by atoms with Crippen LogP contribution in [0.5, 0.6) is 0 Å². The van der Waals surface area contributed by atoms with Gasteiger partial charge in [0.1, 0.15) is 5.76 Å². The first-order valence-corrected chi connectivity index (χ1v) is 7.58. The lowest BCUT2D eigenvalue weighted by Crippen LogP contribution is -2.37. The maximum absolute atomic E-state index is 5.63. The van der Waals surface area contributed by atoms with Gasteiger partial charge in [0, 0.05) is 24.4 Å². The molecule has 2 atom stereocenters. The molecule has 1 saturated heterocycles. The van der Waals surface area contributed by atoms with Gasteiger partial charge in [0.05, 0.1) is 18.9 Å². The summed E-state index contributed by atoms with van der Waals surface area (Å²) >= 11 is 0. The van der Waals surface area contributed by atoms with Gasteiger partial charge >= 0.3 is 0 Å². The van der Waals surface area contributed by atoms with Crippen molar-refractivity contribution in [1.29, 1.82) is 0 Å². The van der Waals surface area contributed by atoms with Crippen molar-refractivity contribution in [3.8, 4) is 0 Å². The molecule has 1 aliphatic heterocycles. The van der Waals surface area contributed by atoms with Crippen molar-refractivity contribution in [3.63, 3.8) is 0 Å². The molecule has 0 unspecified atom stereocenters. The van der Waals surface area contributed by atoms with Gasteiger partial charge in [-0.25, -0.2) is 0 Å². The molecule has 2 heterocycles. The first-order chi connectivity index (χ1) is 10.3. The van der Waals surface area contributed by atoms with Gasteiger partial charge in [-0.1, -0.05) is 35.5 Å². The van der Waals surface area contributed by atoms with Gasteiger partial charge in [-0.3, -0.25) is 0 Å². The third-order valence-electron chi connectivity index (χ3n) is 4.00. The molecule has 0 radical (unpaired) electrons. The van der Waals surface area contributed by atoms with Crippen LogP contribution < -0.4 is 5.32 Å².